The SMILES string of the molecule is O=C(COc1ccccc1)Oc1cccc(C(=O)OCCOc2ccccc2)c1. The average molecular weight is 392 g/mol. The predicted molar refractivity (Wildman–Crippen MR) is 106 cm³/mol. The third kappa shape index (κ3) is 6.70. The van der Waals surface area contributed by atoms with Crippen molar-refractivity contribution in [2.45, 2.75) is 0 Å². The molecule has 3 aromatic rings. The van der Waals surface area contributed by atoms with Crippen molar-refractivity contribution >= 4 is 11.9 Å². The number of hydrogen-bond donors (Lipinski definition) is 0. The number of ether oxygens (including phenoxy) is 4. The van der Waals surface area contributed by atoms with Gasteiger partial charge in [-0.05, 0) is 42.5 Å². The maximum absolute atomic E-state index is 12.2. The van der Waals surface area contributed by atoms with Crippen LogP contribution in [0, 0.1) is 0 Å². The molecule has 0 bridgehead atoms. The van der Waals surface area contributed by atoms with Gasteiger partial charge < -0.3 is 18.9 Å². The van der Waals surface area contributed by atoms with Gasteiger partial charge in [0.1, 0.15) is 30.5 Å². The van der Waals surface area contributed by atoms with E-state index in [2.05, 4.69) is 0 Å². The third-order valence-corrected chi connectivity index (χ3v) is 3.73. The first-order chi connectivity index (χ1) is 14.2. The molecule has 6 nitrogen and oxygen atoms in total. The molecule has 0 aliphatic rings. The molecule has 0 heterocycles. The molecule has 0 spiro atoms. The van der Waals surface area contributed by atoms with Crippen LogP contribution in [0.3, 0.4) is 0 Å². The molecule has 0 fully saturated rings. The van der Waals surface area contributed by atoms with Gasteiger partial charge in [0.2, 0.25) is 0 Å². The minimum Gasteiger partial charge on any atom is -0.490 e. The van der Waals surface area contributed by atoms with E-state index in [1.165, 1.54) is 6.07 Å². The molecule has 6 heteroatoms. The summed E-state index contributed by atoms with van der Waals surface area (Å²) in [6, 6.07) is 24.4. The van der Waals surface area contributed by atoms with Crippen molar-refractivity contribution in [3.63, 3.8) is 0 Å². The van der Waals surface area contributed by atoms with Gasteiger partial charge in [0.15, 0.2) is 6.61 Å². The van der Waals surface area contributed by atoms with Crippen LogP contribution in [0.25, 0.3) is 0 Å². The van der Waals surface area contributed by atoms with Gasteiger partial charge in [-0.15, -0.1) is 0 Å². The molecule has 0 saturated carbocycles. The van der Waals surface area contributed by atoms with E-state index in [4.69, 9.17) is 18.9 Å². The van der Waals surface area contributed by atoms with Gasteiger partial charge in [-0.25, -0.2) is 9.59 Å². The van der Waals surface area contributed by atoms with Crippen molar-refractivity contribution in [2.75, 3.05) is 19.8 Å². The lowest BCUT2D eigenvalue weighted by molar-refractivity contribution is -0.136. The number of benzene rings is 3. The van der Waals surface area contributed by atoms with E-state index in [9.17, 15) is 9.59 Å². The standard InChI is InChI=1S/C23H20O6/c24-22(17-28-20-11-5-2-6-12-20)29-21-13-7-8-18(16-21)23(25)27-15-14-26-19-9-3-1-4-10-19/h1-13,16H,14-15,17H2. The lowest BCUT2D eigenvalue weighted by atomic mass is 10.2. The van der Waals surface area contributed by atoms with Crippen LogP contribution in [-0.2, 0) is 9.53 Å². The Morgan fingerprint density at radius 2 is 1.28 bits per heavy atom. The summed E-state index contributed by atoms with van der Waals surface area (Å²) >= 11 is 0. The maximum atomic E-state index is 12.2. The Bertz CT molecular complexity index is 924. The van der Waals surface area contributed by atoms with Crippen molar-refractivity contribution in [1.82, 2.24) is 0 Å². The van der Waals surface area contributed by atoms with Crippen molar-refractivity contribution < 1.29 is 28.5 Å². The summed E-state index contributed by atoms with van der Waals surface area (Å²) < 4.78 is 21.2. The van der Waals surface area contributed by atoms with Crippen LogP contribution < -0.4 is 14.2 Å². The maximum Gasteiger partial charge on any atom is 0.349 e. The van der Waals surface area contributed by atoms with E-state index in [1.54, 1.807) is 42.5 Å². The normalized spacial score (nSPS) is 10.1. The van der Waals surface area contributed by atoms with E-state index in [0.29, 0.717) is 11.5 Å². The molecule has 0 radical (unpaired) electrons. The highest BCUT2D eigenvalue weighted by atomic mass is 16.6. The zero-order valence-corrected chi connectivity index (χ0v) is 15.7. The molecule has 0 aliphatic carbocycles. The summed E-state index contributed by atoms with van der Waals surface area (Å²) in [5, 5.41) is 0. The van der Waals surface area contributed by atoms with Gasteiger partial charge >= 0.3 is 11.9 Å². The zero-order valence-electron chi connectivity index (χ0n) is 15.7. The molecule has 0 amide bonds. The number of carbonyl (C=O) groups is 2. The number of rotatable bonds is 9. The fourth-order valence-electron chi connectivity index (χ4n) is 2.40. The van der Waals surface area contributed by atoms with Crippen molar-refractivity contribution in [3.8, 4) is 17.2 Å². The molecule has 0 unspecified atom stereocenters. The molecule has 0 saturated heterocycles. The van der Waals surface area contributed by atoms with Crippen molar-refractivity contribution in [2.24, 2.45) is 0 Å². The topological polar surface area (TPSA) is 71.1 Å². The summed E-state index contributed by atoms with van der Waals surface area (Å²) in [4.78, 5) is 24.1. The Labute approximate surface area is 168 Å². The number of esters is 2. The first-order valence-electron chi connectivity index (χ1n) is 9.04. The minimum absolute atomic E-state index is 0.0999. The van der Waals surface area contributed by atoms with Crippen molar-refractivity contribution in [1.29, 1.82) is 0 Å². The van der Waals surface area contributed by atoms with Crippen LogP contribution in [0.4, 0.5) is 0 Å². The summed E-state index contributed by atoms with van der Waals surface area (Å²) in [6.45, 7) is 0.0967. The van der Waals surface area contributed by atoms with E-state index >= 15 is 0 Å². The van der Waals surface area contributed by atoms with Gasteiger partial charge in [-0.2, -0.15) is 0 Å². The lowest BCUT2D eigenvalue weighted by Crippen LogP contribution is -2.18. The highest BCUT2D eigenvalue weighted by Crippen LogP contribution is 2.15. The fraction of sp³-hybridized carbons (Fsp3) is 0.130. The van der Waals surface area contributed by atoms with Crippen LogP contribution in [-0.4, -0.2) is 31.8 Å². The number of para-hydroxylation sites is 2. The van der Waals surface area contributed by atoms with Gasteiger partial charge in [-0.3, -0.25) is 0 Å². The van der Waals surface area contributed by atoms with Crippen LogP contribution in [0.1, 0.15) is 10.4 Å². The minimum atomic E-state index is -0.573. The lowest BCUT2D eigenvalue weighted by Gasteiger charge is -2.09. The molecular weight excluding hydrogens is 372 g/mol. The average Bonchev–Trinajstić information content (AvgIpc) is 2.77. The molecule has 0 atom stereocenters. The first-order valence-corrected chi connectivity index (χ1v) is 9.04. The van der Waals surface area contributed by atoms with E-state index < -0.39 is 11.9 Å². The van der Waals surface area contributed by atoms with Gasteiger partial charge in [0.05, 0.1) is 5.56 Å². The molecule has 0 aliphatic heterocycles. The highest BCUT2D eigenvalue weighted by molar-refractivity contribution is 5.90. The molecule has 3 aromatic carbocycles. The Morgan fingerprint density at radius 3 is 1.97 bits per heavy atom. The highest BCUT2D eigenvalue weighted by Gasteiger charge is 2.11. The summed E-state index contributed by atoms with van der Waals surface area (Å²) in [5.41, 5.74) is 0.277. The van der Waals surface area contributed by atoms with Gasteiger partial charge in [0, 0.05) is 0 Å². The zero-order chi connectivity index (χ0) is 20.3. The van der Waals surface area contributed by atoms with E-state index in [-0.39, 0.29) is 31.1 Å². The Balaban J connectivity index is 1.44. The molecule has 0 N–H and O–H groups in total. The van der Waals surface area contributed by atoms with Gasteiger partial charge in [-0.1, -0.05) is 42.5 Å². The second-order valence-corrected chi connectivity index (χ2v) is 5.90. The van der Waals surface area contributed by atoms with E-state index in [1.807, 2.05) is 36.4 Å². The molecule has 29 heavy (non-hydrogen) atoms. The van der Waals surface area contributed by atoms with Gasteiger partial charge in [0.25, 0.3) is 0 Å². The van der Waals surface area contributed by atoms with Crippen LogP contribution in [0.15, 0.2) is 84.9 Å². The predicted octanol–water partition coefficient (Wildman–Crippen LogP) is 3.91. The fourth-order valence-corrected chi connectivity index (χ4v) is 2.40. The largest absolute Gasteiger partial charge is 0.490 e. The summed E-state index contributed by atoms with van der Waals surface area (Å²) in [7, 11) is 0. The molecule has 148 valence electrons. The number of hydrogen-bond acceptors (Lipinski definition) is 6. The number of carbonyl (C=O) groups excluding carboxylic acids is 2. The van der Waals surface area contributed by atoms with Crippen LogP contribution >= 0.6 is 0 Å². The smallest absolute Gasteiger partial charge is 0.349 e. The molecule has 0 aromatic heterocycles. The third-order valence-electron chi connectivity index (χ3n) is 3.73. The van der Waals surface area contributed by atoms with E-state index in [0.717, 1.165) is 0 Å². The van der Waals surface area contributed by atoms with Crippen LogP contribution in [0.5, 0.6) is 17.2 Å². The second kappa shape index (κ2) is 10.5. The first kappa shape index (κ1) is 19.9. The summed E-state index contributed by atoms with van der Waals surface area (Å²) in [6.07, 6.45) is 0. The molecule has 3 rings (SSSR count). The molecular formula is C23H20O6. The monoisotopic (exact) mass is 392 g/mol. The van der Waals surface area contributed by atoms with Crippen molar-refractivity contribution in [3.05, 3.63) is 90.5 Å². The Morgan fingerprint density at radius 1 is 0.655 bits per heavy atom. The summed E-state index contributed by atoms with van der Waals surface area (Å²) in [5.74, 6) is 0.409. The van der Waals surface area contributed by atoms with Crippen LogP contribution in [0.2, 0.25) is 0 Å². The second-order valence-electron chi connectivity index (χ2n) is 5.90. The Hall–Kier alpha value is -3.80. The quantitative estimate of drug-likeness (QED) is 0.312. The Kier molecular flexibility index (Phi) is 7.23.